The molecule has 6 nitrogen and oxygen atoms in total. The number of nitrogens with one attached hydrogen (secondary N) is 1. The Kier molecular flexibility index (Phi) is 6.76. The van der Waals surface area contributed by atoms with E-state index in [1.54, 1.807) is 37.9 Å². The van der Waals surface area contributed by atoms with E-state index in [1.807, 2.05) is 18.2 Å². The van der Waals surface area contributed by atoms with Gasteiger partial charge in [0.1, 0.15) is 0 Å². The van der Waals surface area contributed by atoms with Crippen LogP contribution in [0.4, 0.5) is 0 Å². The zero-order chi connectivity index (χ0) is 17.2. The molecule has 0 bridgehead atoms. The van der Waals surface area contributed by atoms with Gasteiger partial charge in [-0.1, -0.05) is 13.3 Å². The van der Waals surface area contributed by atoms with Crippen LogP contribution in [0, 0.1) is 0 Å². The molecule has 0 aliphatic rings. The summed E-state index contributed by atoms with van der Waals surface area (Å²) in [6.45, 7) is 2.77. The van der Waals surface area contributed by atoms with E-state index in [2.05, 4.69) is 22.4 Å². The average molecular weight is 327 g/mol. The van der Waals surface area contributed by atoms with Gasteiger partial charge in [0.2, 0.25) is 0 Å². The minimum Gasteiger partial charge on any atom is -0.493 e. The van der Waals surface area contributed by atoms with Crippen molar-refractivity contribution in [3.05, 3.63) is 53.9 Å². The summed E-state index contributed by atoms with van der Waals surface area (Å²) in [5, 5.41) is 3.96. The van der Waals surface area contributed by atoms with Gasteiger partial charge in [0.25, 0.3) is 5.91 Å². The Balaban J connectivity index is 1.98. The van der Waals surface area contributed by atoms with Crippen LogP contribution in [0.15, 0.2) is 47.8 Å². The maximum Gasteiger partial charge on any atom is 0.271 e. The number of unbranched alkanes of at least 4 members (excludes halogenated alkanes) is 1. The Morgan fingerprint density at radius 3 is 2.75 bits per heavy atom. The number of benzene rings is 1. The van der Waals surface area contributed by atoms with Gasteiger partial charge in [-0.25, -0.2) is 5.43 Å². The molecule has 1 heterocycles. The van der Waals surface area contributed by atoms with Crippen molar-refractivity contribution in [2.45, 2.75) is 19.8 Å². The molecule has 1 N–H and O–H groups in total. The molecule has 0 radical (unpaired) electrons. The Morgan fingerprint density at radius 1 is 1.25 bits per heavy atom. The third-order valence-electron chi connectivity index (χ3n) is 3.27. The van der Waals surface area contributed by atoms with Crippen molar-refractivity contribution in [1.82, 2.24) is 10.4 Å². The highest BCUT2D eigenvalue weighted by Crippen LogP contribution is 2.27. The fourth-order valence-corrected chi connectivity index (χ4v) is 1.94. The van der Waals surface area contributed by atoms with Crippen LogP contribution in [-0.4, -0.2) is 30.8 Å². The maximum absolute atomic E-state index is 11.9. The van der Waals surface area contributed by atoms with Gasteiger partial charge in [-0.2, -0.15) is 5.10 Å². The van der Waals surface area contributed by atoms with Crippen molar-refractivity contribution in [1.29, 1.82) is 0 Å². The van der Waals surface area contributed by atoms with E-state index >= 15 is 0 Å². The van der Waals surface area contributed by atoms with E-state index in [4.69, 9.17) is 9.47 Å². The molecule has 0 aliphatic heterocycles. The van der Waals surface area contributed by atoms with E-state index in [0.29, 0.717) is 23.7 Å². The summed E-state index contributed by atoms with van der Waals surface area (Å²) in [5.41, 5.74) is 3.77. The third-order valence-corrected chi connectivity index (χ3v) is 3.27. The SMILES string of the molecule is CCCCOc1ccc(C=NNC(=O)c2ccncc2)cc1OC. The largest absolute Gasteiger partial charge is 0.493 e. The molecule has 1 aromatic heterocycles. The summed E-state index contributed by atoms with van der Waals surface area (Å²) in [4.78, 5) is 15.7. The maximum atomic E-state index is 11.9. The van der Waals surface area contributed by atoms with Gasteiger partial charge in [-0.3, -0.25) is 9.78 Å². The number of hydrogen-bond acceptors (Lipinski definition) is 5. The van der Waals surface area contributed by atoms with Gasteiger partial charge >= 0.3 is 0 Å². The summed E-state index contributed by atoms with van der Waals surface area (Å²) in [5.74, 6) is 1.04. The predicted molar refractivity (Wildman–Crippen MR) is 92.7 cm³/mol. The van der Waals surface area contributed by atoms with E-state index < -0.39 is 0 Å². The Morgan fingerprint density at radius 2 is 2.04 bits per heavy atom. The smallest absolute Gasteiger partial charge is 0.271 e. The zero-order valence-electron chi connectivity index (χ0n) is 13.9. The lowest BCUT2D eigenvalue weighted by molar-refractivity contribution is 0.0955. The highest BCUT2D eigenvalue weighted by molar-refractivity contribution is 5.94. The molecule has 0 unspecified atom stereocenters. The van der Waals surface area contributed by atoms with Crippen LogP contribution < -0.4 is 14.9 Å². The van der Waals surface area contributed by atoms with Crippen LogP contribution in [0.2, 0.25) is 0 Å². The van der Waals surface area contributed by atoms with Crippen molar-refractivity contribution in [3.8, 4) is 11.5 Å². The summed E-state index contributed by atoms with van der Waals surface area (Å²) in [7, 11) is 1.59. The van der Waals surface area contributed by atoms with Crippen LogP contribution in [0.5, 0.6) is 11.5 Å². The molecular weight excluding hydrogens is 306 g/mol. The highest BCUT2D eigenvalue weighted by Gasteiger charge is 2.05. The fourth-order valence-electron chi connectivity index (χ4n) is 1.94. The Bertz CT molecular complexity index is 687. The average Bonchev–Trinajstić information content (AvgIpc) is 2.63. The van der Waals surface area contributed by atoms with Crippen molar-refractivity contribution in [3.63, 3.8) is 0 Å². The van der Waals surface area contributed by atoms with E-state index in [9.17, 15) is 4.79 Å². The van der Waals surface area contributed by atoms with Gasteiger partial charge in [0.05, 0.1) is 19.9 Å². The number of aromatic nitrogens is 1. The lowest BCUT2D eigenvalue weighted by Gasteiger charge is -2.10. The predicted octanol–water partition coefficient (Wildman–Crippen LogP) is 3.03. The number of methoxy groups -OCH3 is 1. The first-order chi connectivity index (χ1) is 11.7. The van der Waals surface area contributed by atoms with Crippen molar-refractivity contribution in [2.24, 2.45) is 5.10 Å². The molecule has 24 heavy (non-hydrogen) atoms. The molecule has 0 saturated heterocycles. The standard InChI is InChI=1S/C18H21N3O3/c1-3-4-11-24-16-6-5-14(12-17(16)23-2)13-20-21-18(22)15-7-9-19-10-8-15/h5-10,12-13H,3-4,11H2,1-2H3,(H,21,22). The first kappa shape index (κ1) is 17.5. The van der Waals surface area contributed by atoms with Crippen molar-refractivity contribution in [2.75, 3.05) is 13.7 Å². The molecule has 1 aromatic carbocycles. The quantitative estimate of drug-likeness (QED) is 0.459. The van der Waals surface area contributed by atoms with Crippen LogP contribution >= 0.6 is 0 Å². The molecule has 1 amide bonds. The molecule has 2 aromatic rings. The van der Waals surface area contributed by atoms with Crippen LogP contribution in [0.1, 0.15) is 35.7 Å². The van der Waals surface area contributed by atoms with Crippen molar-refractivity contribution < 1.29 is 14.3 Å². The third kappa shape index (κ3) is 5.08. The van der Waals surface area contributed by atoms with Crippen LogP contribution in [-0.2, 0) is 0 Å². The van der Waals surface area contributed by atoms with E-state index in [-0.39, 0.29) is 5.91 Å². The van der Waals surface area contributed by atoms with Crippen LogP contribution in [0.25, 0.3) is 0 Å². The van der Waals surface area contributed by atoms with Gasteiger partial charge in [0.15, 0.2) is 11.5 Å². The molecule has 0 fully saturated rings. The lowest BCUT2D eigenvalue weighted by Crippen LogP contribution is -2.17. The Hall–Kier alpha value is -2.89. The molecular formula is C18H21N3O3. The number of hydrogen-bond donors (Lipinski definition) is 1. The number of ether oxygens (including phenoxy) is 2. The summed E-state index contributed by atoms with van der Waals surface area (Å²) >= 11 is 0. The number of carbonyl (C=O) groups is 1. The van der Waals surface area contributed by atoms with Gasteiger partial charge < -0.3 is 9.47 Å². The monoisotopic (exact) mass is 327 g/mol. The second-order valence-corrected chi connectivity index (χ2v) is 5.05. The topological polar surface area (TPSA) is 72.8 Å². The molecule has 0 atom stereocenters. The summed E-state index contributed by atoms with van der Waals surface area (Å²) in [6, 6.07) is 8.74. The number of carbonyl (C=O) groups excluding carboxylic acids is 1. The minimum absolute atomic E-state index is 0.292. The number of rotatable bonds is 8. The molecule has 0 spiro atoms. The van der Waals surface area contributed by atoms with Crippen LogP contribution in [0.3, 0.4) is 0 Å². The molecule has 126 valence electrons. The van der Waals surface area contributed by atoms with Gasteiger partial charge in [-0.05, 0) is 42.3 Å². The first-order valence-electron chi connectivity index (χ1n) is 7.79. The van der Waals surface area contributed by atoms with Gasteiger partial charge in [0, 0.05) is 18.0 Å². The van der Waals surface area contributed by atoms with E-state index in [1.165, 1.54) is 0 Å². The lowest BCUT2D eigenvalue weighted by atomic mass is 10.2. The van der Waals surface area contributed by atoms with Crippen molar-refractivity contribution >= 4 is 12.1 Å². The highest BCUT2D eigenvalue weighted by atomic mass is 16.5. The fraction of sp³-hybridized carbons (Fsp3) is 0.278. The second kappa shape index (κ2) is 9.29. The van der Waals surface area contributed by atoms with E-state index in [0.717, 1.165) is 18.4 Å². The molecule has 0 aliphatic carbocycles. The summed E-state index contributed by atoms with van der Waals surface area (Å²) < 4.78 is 11.0. The van der Waals surface area contributed by atoms with Gasteiger partial charge in [-0.15, -0.1) is 0 Å². The summed E-state index contributed by atoms with van der Waals surface area (Å²) in [6.07, 6.45) is 6.73. The Labute approximate surface area is 141 Å². The normalized spacial score (nSPS) is 10.6. The molecule has 2 rings (SSSR count). The molecule has 6 heteroatoms. The first-order valence-corrected chi connectivity index (χ1v) is 7.79. The zero-order valence-corrected chi connectivity index (χ0v) is 13.9. The molecule has 0 saturated carbocycles. The minimum atomic E-state index is -0.292. The second-order valence-electron chi connectivity index (χ2n) is 5.05. The number of pyridine rings is 1. The number of nitrogens with zero attached hydrogens (tertiary/aromatic N) is 2. The number of hydrazone groups is 1. The number of amides is 1.